The van der Waals surface area contributed by atoms with E-state index in [1.807, 2.05) is 30.3 Å². The molecule has 0 radical (unpaired) electrons. The van der Waals surface area contributed by atoms with Crippen LogP contribution in [-0.4, -0.2) is 19.3 Å². The lowest BCUT2D eigenvalue weighted by molar-refractivity contribution is 0.102. The van der Waals surface area contributed by atoms with Crippen molar-refractivity contribution in [3.63, 3.8) is 0 Å². The van der Waals surface area contributed by atoms with Gasteiger partial charge < -0.3 is 14.6 Å². The molecule has 2 aromatic rings. The summed E-state index contributed by atoms with van der Waals surface area (Å²) in [6.07, 6.45) is 0. The predicted octanol–water partition coefficient (Wildman–Crippen LogP) is 3.56. The third kappa shape index (κ3) is 2.91. The van der Waals surface area contributed by atoms with E-state index in [9.17, 15) is 5.11 Å². The summed E-state index contributed by atoms with van der Waals surface area (Å²) in [6.45, 7) is 1.77. The maximum Gasteiger partial charge on any atom is 0.161 e. The summed E-state index contributed by atoms with van der Waals surface area (Å²) in [4.78, 5) is 0. The molecule has 2 rings (SSSR count). The average molecular weight is 384 g/mol. The molecule has 0 saturated heterocycles. The second-order valence-corrected chi connectivity index (χ2v) is 5.89. The van der Waals surface area contributed by atoms with Crippen molar-refractivity contribution in [3.8, 4) is 11.5 Å². The largest absolute Gasteiger partial charge is 0.493 e. The number of halogens is 1. The molecule has 0 aromatic heterocycles. The van der Waals surface area contributed by atoms with Gasteiger partial charge in [0.1, 0.15) is 5.60 Å². The van der Waals surface area contributed by atoms with Crippen molar-refractivity contribution in [2.24, 2.45) is 0 Å². The van der Waals surface area contributed by atoms with Gasteiger partial charge in [0.05, 0.1) is 14.2 Å². The molecule has 1 N–H and O–H groups in total. The van der Waals surface area contributed by atoms with Crippen LogP contribution in [0.5, 0.6) is 11.5 Å². The number of ether oxygens (including phenoxy) is 2. The summed E-state index contributed by atoms with van der Waals surface area (Å²) < 4.78 is 11.6. The summed E-state index contributed by atoms with van der Waals surface area (Å²) in [5.74, 6) is 1.26. The Labute approximate surface area is 132 Å². The van der Waals surface area contributed by atoms with Crippen LogP contribution in [0.2, 0.25) is 0 Å². The monoisotopic (exact) mass is 384 g/mol. The Morgan fingerprint density at radius 3 is 2.00 bits per heavy atom. The number of methoxy groups -OCH3 is 2. The van der Waals surface area contributed by atoms with Crippen molar-refractivity contribution in [1.82, 2.24) is 0 Å². The van der Waals surface area contributed by atoms with Gasteiger partial charge in [-0.05, 0) is 64.9 Å². The fraction of sp³-hybridized carbons (Fsp3) is 0.250. The van der Waals surface area contributed by atoms with Crippen molar-refractivity contribution in [3.05, 3.63) is 57.2 Å². The molecule has 0 bridgehead atoms. The smallest absolute Gasteiger partial charge is 0.161 e. The van der Waals surface area contributed by atoms with Crippen LogP contribution in [0.1, 0.15) is 18.1 Å². The molecule has 106 valence electrons. The van der Waals surface area contributed by atoms with Gasteiger partial charge in [-0.15, -0.1) is 0 Å². The summed E-state index contributed by atoms with van der Waals surface area (Å²) in [5, 5.41) is 10.8. The van der Waals surface area contributed by atoms with Crippen LogP contribution < -0.4 is 9.47 Å². The fourth-order valence-electron chi connectivity index (χ4n) is 2.08. The number of benzene rings is 2. The first-order valence-electron chi connectivity index (χ1n) is 6.20. The Morgan fingerprint density at radius 2 is 1.45 bits per heavy atom. The van der Waals surface area contributed by atoms with Crippen molar-refractivity contribution >= 4 is 22.6 Å². The molecule has 3 nitrogen and oxygen atoms in total. The van der Waals surface area contributed by atoms with E-state index in [4.69, 9.17) is 9.47 Å². The molecule has 0 aliphatic heterocycles. The lowest BCUT2D eigenvalue weighted by Crippen LogP contribution is -2.22. The summed E-state index contributed by atoms with van der Waals surface area (Å²) in [5.41, 5.74) is 0.519. The Kier molecular flexibility index (Phi) is 4.55. The summed E-state index contributed by atoms with van der Waals surface area (Å²) in [7, 11) is 3.18. The lowest BCUT2D eigenvalue weighted by Gasteiger charge is -2.25. The Morgan fingerprint density at radius 1 is 0.900 bits per heavy atom. The molecule has 0 saturated carbocycles. The SMILES string of the molecule is COc1ccc(C(C)(O)c2ccc(I)cc2)cc1OC. The van der Waals surface area contributed by atoms with Crippen molar-refractivity contribution in [1.29, 1.82) is 0 Å². The zero-order valence-electron chi connectivity index (χ0n) is 11.7. The topological polar surface area (TPSA) is 38.7 Å². The molecule has 1 unspecified atom stereocenters. The Hall–Kier alpha value is -1.27. The summed E-state index contributed by atoms with van der Waals surface area (Å²) in [6, 6.07) is 13.3. The number of hydrogen-bond donors (Lipinski definition) is 1. The molecular weight excluding hydrogens is 367 g/mol. The van der Waals surface area contributed by atoms with Crippen LogP contribution in [0.25, 0.3) is 0 Å². The van der Waals surface area contributed by atoms with E-state index in [0.717, 1.165) is 14.7 Å². The van der Waals surface area contributed by atoms with E-state index in [2.05, 4.69) is 22.6 Å². The van der Waals surface area contributed by atoms with Crippen LogP contribution in [0, 0.1) is 3.57 Å². The molecule has 20 heavy (non-hydrogen) atoms. The maximum atomic E-state index is 10.8. The first kappa shape index (κ1) is 15.1. The van der Waals surface area contributed by atoms with E-state index in [1.165, 1.54) is 0 Å². The predicted molar refractivity (Wildman–Crippen MR) is 87.4 cm³/mol. The van der Waals surface area contributed by atoms with E-state index in [1.54, 1.807) is 33.3 Å². The van der Waals surface area contributed by atoms with Crippen LogP contribution in [0.3, 0.4) is 0 Å². The average Bonchev–Trinajstić information content (AvgIpc) is 2.46. The minimum atomic E-state index is -1.08. The van der Waals surface area contributed by atoms with Gasteiger partial charge in [0.15, 0.2) is 11.5 Å². The first-order chi connectivity index (χ1) is 9.48. The third-order valence-corrected chi connectivity index (χ3v) is 4.07. The van der Waals surface area contributed by atoms with Gasteiger partial charge in [0, 0.05) is 3.57 Å². The van der Waals surface area contributed by atoms with E-state index in [0.29, 0.717) is 11.5 Å². The molecule has 0 aliphatic rings. The van der Waals surface area contributed by atoms with Gasteiger partial charge in [-0.25, -0.2) is 0 Å². The second-order valence-electron chi connectivity index (χ2n) is 4.65. The Balaban J connectivity index is 2.45. The van der Waals surface area contributed by atoms with Gasteiger partial charge in [-0.2, -0.15) is 0 Å². The van der Waals surface area contributed by atoms with Crippen molar-refractivity contribution in [2.75, 3.05) is 14.2 Å². The molecule has 4 heteroatoms. The fourth-order valence-corrected chi connectivity index (χ4v) is 2.44. The van der Waals surface area contributed by atoms with Gasteiger partial charge in [-0.1, -0.05) is 18.2 Å². The van der Waals surface area contributed by atoms with Gasteiger partial charge >= 0.3 is 0 Å². The van der Waals surface area contributed by atoms with Crippen molar-refractivity contribution in [2.45, 2.75) is 12.5 Å². The highest BCUT2D eigenvalue weighted by molar-refractivity contribution is 14.1. The third-order valence-electron chi connectivity index (χ3n) is 3.35. The normalized spacial score (nSPS) is 13.7. The number of rotatable bonds is 4. The van der Waals surface area contributed by atoms with Gasteiger partial charge in [0.2, 0.25) is 0 Å². The van der Waals surface area contributed by atoms with Gasteiger partial charge in [0.25, 0.3) is 0 Å². The highest BCUT2D eigenvalue weighted by atomic mass is 127. The molecule has 0 amide bonds. The quantitative estimate of drug-likeness (QED) is 0.820. The van der Waals surface area contributed by atoms with E-state index >= 15 is 0 Å². The summed E-state index contributed by atoms with van der Waals surface area (Å²) >= 11 is 2.24. The van der Waals surface area contributed by atoms with E-state index in [-0.39, 0.29) is 0 Å². The highest BCUT2D eigenvalue weighted by Gasteiger charge is 2.26. The molecule has 0 aliphatic carbocycles. The first-order valence-corrected chi connectivity index (χ1v) is 7.28. The van der Waals surface area contributed by atoms with Gasteiger partial charge in [-0.3, -0.25) is 0 Å². The van der Waals surface area contributed by atoms with Crippen LogP contribution in [-0.2, 0) is 5.60 Å². The van der Waals surface area contributed by atoms with Crippen LogP contribution in [0.15, 0.2) is 42.5 Å². The zero-order valence-corrected chi connectivity index (χ0v) is 13.8. The molecule has 0 spiro atoms. The zero-order chi connectivity index (χ0) is 14.8. The standard InChI is InChI=1S/C16H17IO3/c1-16(18,11-4-7-13(17)8-5-11)12-6-9-14(19-2)15(10-12)20-3/h4-10,18H,1-3H3. The molecule has 0 fully saturated rings. The maximum absolute atomic E-state index is 10.8. The number of aliphatic hydroxyl groups is 1. The van der Waals surface area contributed by atoms with Crippen molar-refractivity contribution < 1.29 is 14.6 Å². The minimum absolute atomic E-state index is 0.607. The molecular formula is C16H17IO3. The minimum Gasteiger partial charge on any atom is -0.493 e. The molecule has 0 heterocycles. The molecule has 2 aromatic carbocycles. The molecule has 1 atom stereocenters. The Bertz CT molecular complexity index is 591. The second kappa shape index (κ2) is 6.01. The van der Waals surface area contributed by atoms with Crippen LogP contribution >= 0.6 is 22.6 Å². The number of hydrogen-bond acceptors (Lipinski definition) is 3. The van der Waals surface area contributed by atoms with E-state index < -0.39 is 5.60 Å². The lowest BCUT2D eigenvalue weighted by atomic mass is 9.88. The van der Waals surface area contributed by atoms with Crippen LogP contribution in [0.4, 0.5) is 0 Å². The highest BCUT2D eigenvalue weighted by Crippen LogP contribution is 2.35.